The molecule has 3 rings (SSSR count). The summed E-state index contributed by atoms with van der Waals surface area (Å²) in [4.78, 5) is 22.8. The molecule has 0 saturated carbocycles. The maximum absolute atomic E-state index is 12.0. The summed E-state index contributed by atoms with van der Waals surface area (Å²) in [5, 5.41) is 12.7. The van der Waals surface area contributed by atoms with Gasteiger partial charge in [0, 0.05) is 0 Å². The number of benzene rings is 2. The van der Waals surface area contributed by atoms with E-state index in [1.165, 1.54) is 18.3 Å². The lowest BCUT2D eigenvalue weighted by Gasteiger charge is -2.24. The molecule has 0 spiro atoms. The molecule has 1 aliphatic heterocycles. The van der Waals surface area contributed by atoms with Crippen LogP contribution in [0.15, 0.2) is 53.6 Å². The van der Waals surface area contributed by atoms with E-state index in [-0.39, 0.29) is 12.2 Å². The first kappa shape index (κ1) is 15.5. The van der Waals surface area contributed by atoms with Crippen molar-refractivity contribution in [3.63, 3.8) is 0 Å². The lowest BCUT2D eigenvalue weighted by Crippen LogP contribution is -2.42. The molecule has 0 aliphatic carbocycles. The third-order valence-corrected chi connectivity index (χ3v) is 3.35. The highest BCUT2D eigenvalue weighted by Crippen LogP contribution is 2.30. The number of hydrogen-bond acceptors (Lipinski definition) is 5. The van der Waals surface area contributed by atoms with Crippen molar-refractivity contribution in [3.8, 4) is 11.5 Å². The summed E-state index contributed by atoms with van der Waals surface area (Å²) in [6.07, 6.45) is 0.632. The van der Waals surface area contributed by atoms with E-state index >= 15 is 0 Å². The van der Waals surface area contributed by atoms with Gasteiger partial charge in [-0.15, -0.1) is 0 Å². The van der Waals surface area contributed by atoms with Gasteiger partial charge in [-0.3, -0.25) is 4.79 Å². The van der Waals surface area contributed by atoms with E-state index in [9.17, 15) is 9.59 Å². The Labute approximate surface area is 137 Å². The average molecular weight is 326 g/mol. The van der Waals surface area contributed by atoms with Crippen LogP contribution in [0.4, 0.5) is 0 Å². The highest BCUT2D eigenvalue weighted by Gasteiger charge is 2.26. The molecule has 1 amide bonds. The number of nitrogens with zero attached hydrogens (tertiary/aromatic N) is 1. The van der Waals surface area contributed by atoms with Crippen molar-refractivity contribution in [1.82, 2.24) is 5.43 Å². The average Bonchev–Trinajstić information content (AvgIpc) is 2.61. The second-order valence-corrected chi connectivity index (χ2v) is 5.03. The summed E-state index contributed by atoms with van der Waals surface area (Å²) in [5.74, 6) is -0.315. The molecular formula is C17H14N2O5. The summed E-state index contributed by atoms with van der Waals surface area (Å²) in [5.41, 5.74) is 3.22. The van der Waals surface area contributed by atoms with E-state index in [0.29, 0.717) is 17.1 Å². The molecule has 2 aromatic rings. The number of hydrazone groups is 1. The molecule has 0 radical (unpaired) electrons. The number of carbonyl (C=O) groups is 2. The van der Waals surface area contributed by atoms with Crippen molar-refractivity contribution >= 4 is 18.1 Å². The number of aromatic carboxylic acids is 1. The fourth-order valence-electron chi connectivity index (χ4n) is 2.10. The Kier molecular flexibility index (Phi) is 4.42. The molecule has 7 nitrogen and oxygen atoms in total. The summed E-state index contributed by atoms with van der Waals surface area (Å²) in [6.45, 7) is 0.103. The smallest absolute Gasteiger partial charge is 0.335 e. The van der Waals surface area contributed by atoms with Crippen LogP contribution in [0, 0.1) is 0 Å². The van der Waals surface area contributed by atoms with Crippen LogP contribution in [-0.4, -0.2) is 35.9 Å². The zero-order chi connectivity index (χ0) is 16.9. The predicted molar refractivity (Wildman–Crippen MR) is 85.5 cm³/mol. The molecule has 0 fully saturated rings. The second-order valence-electron chi connectivity index (χ2n) is 5.03. The van der Waals surface area contributed by atoms with E-state index in [0.717, 1.165) is 0 Å². The second kappa shape index (κ2) is 6.82. The standard InChI is InChI=1S/C17H14N2O5/c20-16(15-10-23-13-3-1-2-4-14(13)24-15)19-18-9-11-5-7-12(8-6-11)17(21)22/h1-9,15H,10H2,(H,19,20)(H,21,22)/b18-9+. The van der Waals surface area contributed by atoms with E-state index in [1.807, 2.05) is 6.07 Å². The Morgan fingerprint density at radius 3 is 2.54 bits per heavy atom. The number of hydrogen-bond donors (Lipinski definition) is 2. The van der Waals surface area contributed by atoms with Gasteiger partial charge in [0.25, 0.3) is 5.91 Å². The SMILES string of the molecule is O=C(O)c1ccc(/C=N/NC(=O)C2COc3ccccc3O2)cc1. The molecular weight excluding hydrogens is 312 g/mol. The Morgan fingerprint density at radius 1 is 1.12 bits per heavy atom. The van der Waals surface area contributed by atoms with Crippen LogP contribution in [-0.2, 0) is 4.79 Å². The van der Waals surface area contributed by atoms with Crippen molar-refractivity contribution in [3.05, 3.63) is 59.7 Å². The first-order valence-corrected chi connectivity index (χ1v) is 7.18. The number of ether oxygens (including phenoxy) is 2. The Bertz CT molecular complexity index is 786. The number of carbonyl (C=O) groups excluding carboxylic acids is 1. The van der Waals surface area contributed by atoms with Gasteiger partial charge in [-0.2, -0.15) is 5.10 Å². The van der Waals surface area contributed by atoms with E-state index < -0.39 is 18.0 Å². The first-order chi connectivity index (χ1) is 11.6. The molecule has 0 bridgehead atoms. The number of carboxylic acids is 1. The van der Waals surface area contributed by atoms with Crippen LogP contribution in [0.5, 0.6) is 11.5 Å². The quantitative estimate of drug-likeness (QED) is 0.658. The van der Waals surface area contributed by atoms with Crippen molar-refractivity contribution in [1.29, 1.82) is 0 Å². The van der Waals surface area contributed by atoms with Gasteiger partial charge in [0.2, 0.25) is 6.10 Å². The highest BCUT2D eigenvalue weighted by atomic mass is 16.6. The zero-order valence-corrected chi connectivity index (χ0v) is 12.5. The number of rotatable bonds is 4. The summed E-state index contributed by atoms with van der Waals surface area (Å²) >= 11 is 0. The minimum Gasteiger partial charge on any atom is -0.485 e. The van der Waals surface area contributed by atoms with Gasteiger partial charge < -0.3 is 14.6 Å². The number of fused-ring (bicyclic) bond motifs is 1. The van der Waals surface area contributed by atoms with Crippen LogP contribution in [0.3, 0.4) is 0 Å². The van der Waals surface area contributed by atoms with Crippen molar-refractivity contribution in [2.75, 3.05) is 6.61 Å². The van der Waals surface area contributed by atoms with Gasteiger partial charge in [-0.1, -0.05) is 24.3 Å². The predicted octanol–water partition coefficient (Wildman–Crippen LogP) is 1.67. The number of para-hydroxylation sites is 2. The lowest BCUT2D eigenvalue weighted by atomic mass is 10.1. The fourth-order valence-corrected chi connectivity index (χ4v) is 2.10. The van der Waals surface area contributed by atoms with E-state index in [4.69, 9.17) is 14.6 Å². The van der Waals surface area contributed by atoms with Crippen LogP contribution in [0.2, 0.25) is 0 Å². The maximum Gasteiger partial charge on any atom is 0.335 e. The van der Waals surface area contributed by atoms with Crippen LogP contribution < -0.4 is 14.9 Å². The Hall–Kier alpha value is -3.35. The summed E-state index contributed by atoms with van der Waals surface area (Å²) in [6, 6.07) is 13.2. The topological polar surface area (TPSA) is 97.2 Å². The first-order valence-electron chi connectivity index (χ1n) is 7.18. The molecule has 7 heteroatoms. The molecule has 1 unspecified atom stereocenters. The molecule has 2 aromatic carbocycles. The molecule has 0 aromatic heterocycles. The van der Waals surface area contributed by atoms with Crippen LogP contribution >= 0.6 is 0 Å². The Morgan fingerprint density at radius 2 is 1.83 bits per heavy atom. The van der Waals surface area contributed by atoms with Gasteiger partial charge in [0.15, 0.2) is 11.5 Å². The van der Waals surface area contributed by atoms with Crippen LogP contribution in [0.1, 0.15) is 15.9 Å². The number of amides is 1. The molecule has 1 atom stereocenters. The zero-order valence-electron chi connectivity index (χ0n) is 12.5. The lowest BCUT2D eigenvalue weighted by molar-refractivity contribution is -0.130. The van der Waals surface area contributed by atoms with Gasteiger partial charge in [-0.25, -0.2) is 10.2 Å². The summed E-state index contributed by atoms with van der Waals surface area (Å²) < 4.78 is 11.0. The van der Waals surface area contributed by atoms with Crippen molar-refractivity contribution < 1.29 is 24.2 Å². The molecule has 2 N–H and O–H groups in total. The fraction of sp³-hybridized carbons (Fsp3) is 0.118. The largest absolute Gasteiger partial charge is 0.485 e. The third-order valence-electron chi connectivity index (χ3n) is 3.35. The molecule has 1 heterocycles. The van der Waals surface area contributed by atoms with Gasteiger partial charge in [0.1, 0.15) is 6.61 Å². The van der Waals surface area contributed by atoms with Crippen LogP contribution in [0.25, 0.3) is 0 Å². The number of nitrogens with one attached hydrogen (secondary N) is 1. The van der Waals surface area contributed by atoms with E-state index in [1.54, 1.807) is 30.3 Å². The third kappa shape index (κ3) is 3.52. The summed E-state index contributed by atoms with van der Waals surface area (Å²) in [7, 11) is 0. The minimum absolute atomic E-state index is 0.103. The molecule has 0 saturated heterocycles. The monoisotopic (exact) mass is 326 g/mol. The normalized spacial score (nSPS) is 15.9. The maximum atomic E-state index is 12.0. The molecule has 24 heavy (non-hydrogen) atoms. The highest BCUT2D eigenvalue weighted by molar-refractivity contribution is 5.89. The number of carboxylic acid groups (broad SMARTS) is 1. The van der Waals surface area contributed by atoms with Gasteiger partial charge in [-0.05, 0) is 29.8 Å². The minimum atomic E-state index is -0.999. The van der Waals surface area contributed by atoms with Crippen molar-refractivity contribution in [2.45, 2.75) is 6.10 Å². The molecule has 1 aliphatic rings. The molecule has 122 valence electrons. The van der Waals surface area contributed by atoms with Gasteiger partial charge >= 0.3 is 5.97 Å². The van der Waals surface area contributed by atoms with Gasteiger partial charge in [0.05, 0.1) is 11.8 Å². The Balaban J connectivity index is 1.57. The van der Waals surface area contributed by atoms with E-state index in [2.05, 4.69) is 10.5 Å². The van der Waals surface area contributed by atoms with Crippen molar-refractivity contribution in [2.24, 2.45) is 5.10 Å².